The van der Waals surface area contributed by atoms with Crippen molar-refractivity contribution in [1.82, 2.24) is 34.1 Å². The summed E-state index contributed by atoms with van der Waals surface area (Å²) >= 11 is 0. The van der Waals surface area contributed by atoms with E-state index in [1.165, 1.54) is 11.0 Å². The van der Waals surface area contributed by atoms with Gasteiger partial charge in [0.15, 0.2) is 0 Å². The number of amides is 1. The Balaban J connectivity index is 1.55. The highest BCUT2D eigenvalue weighted by atomic mass is 16.4. The molecule has 4 heterocycles. The average molecular weight is 426 g/mol. The SMILES string of the molecule is CC[C@H]1CN(C(=O)O)CCN1CCn1c(=O)ccc2cnc(Nc3cnn(C)c3)nc21. The van der Waals surface area contributed by atoms with Crippen LogP contribution in [0.1, 0.15) is 13.3 Å². The second-order valence-electron chi connectivity index (χ2n) is 7.65. The highest BCUT2D eigenvalue weighted by Gasteiger charge is 2.28. The molecule has 1 saturated heterocycles. The minimum atomic E-state index is -0.881. The van der Waals surface area contributed by atoms with Crippen molar-refractivity contribution in [2.24, 2.45) is 7.05 Å². The van der Waals surface area contributed by atoms with Gasteiger partial charge in [0.1, 0.15) is 5.65 Å². The van der Waals surface area contributed by atoms with Crippen LogP contribution < -0.4 is 10.9 Å². The largest absolute Gasteiger partial charge is 0.465 e. The van der Waals surface area contributed by atoms with Crippen LogP contribution in [0.2, 0.25) is 0 Å². The van der Waals surface area contributed by atoms with Crippen LogP contribution in [0.25, 0.3) is 11.0 Å². The number of nitrogens with zero attached hydrogens (tertiary/aromatic N) is 7. The molecule has 1 amide bonds. The van der Waals surface area contributed by atoms with Gasteiger partial charge in [-0.25, -0.2) is 9.78 Å². The third-order valence-electron chi connectivity index (χ3n) is 5.64. The maximum absolute atomic E-state index is 12.6. The number of hydrogen-bond acceptors (Lipinski definition) is 7. The zero-order chi connectivity index (χ0) is 22.0. The molecule has 0 aromatic carbocycles. The molecule has 0 saturated carbocycles. The number of rotatable bonds is 6. The van der Waals surface area contributed by atoms with Gasteiger partial charge in [0.25, 0.3) is 5.56 Å². The normalized spacial score (nSPS) is 17.2. The number of aromatic nitrogens is 5. The molecule has 3 aromatic rings. The number of fused-ring (bicyclic) bond motifs is 1. The van der Waals surface area contributed by atoms with Crippen molar-refractivity contribution in [2.75, 3.05) is 31.5 Å². The van der Waals surface area contributed by atoms with Gasteiger partial charge >= 0.3 is 6.09 Å². The first-order valence-corrected chi connectivity index (χ1v) is 10.3. The summed E-state index contributed by atoms with van der Waals surface area (Å²) in [4.78, 5) is 36.6. The Labute approximate surface area is 178 Å². The molecule has 1 aliphatic heterocycles. The Morgan fingerprint density at radius 1 is 1.26 bits per heavy atom. The number of nitrogens with one attached hydrogen (secondary N) is 1. The van der Waals surface area contributed by atoms with Crippen molar-refractivity contribution in [3.05, 3.63) is 41.1 Å². The zero-order valence-electron chi connectivity index (χ0n) is 17.6. The van der Waals surface area contributed by atoms with Crippen molar-refractivity contribution in [1.29, 1.82) is 0 Å². The molecule has 164 valence electrons. The molecule has 0 bridgehead atoms. The summed E-state index contributed by atoms with van der Waals surface area (Å²) < 4.78 is 3.33. The lowest BCUT2D eigenvalue weighted by molar-refractivity contribution is 0.0650. The maximum Gasteiger partial charge on any atom is 0.407 e. The molecule has 1 atom stereocenters. The third-order valence-corrected chi connectivity index (χ3v) is 5.64. The second kappa shape index (κ2) is 8.72. The maximum atomic E-state index is 12.6. The first-order chi connectivity index (χ1) is 14.9. The van der Waals surface area contributed by atoms with E-state index in [4.69, 9.17) is 0 Å². The number of carboxylic acid groups (broad SMARTS) is 1. The summed E-state index contributed by atoms with van der Waals surface area (Å²) in [5.74, 6) is 0.390. The van der Waals surface area contributed by atoms with E-state index in [2.05, 4.69) is 32.2 Å². The Bertz CT molecular complexity index is 1140. The van der Waals surface area contributed by atoms with Crippen LogP contribution in [-0.2, 0) is 13.6 Å². The summed E-state index contributed by atoms with van der Waals surface area (Å²) in [5, 5.41) is 17.3. The fourth-order valence-electron chi connectivity index (χ4n) is 3.94. The predicted molar refractivity (Wildman–Crippen MR) is 116 cm³/mol. The van der Waals surface area contributed by atoms with Gasteiger partial charge in [0.05, 0.1) is 11.9 Å². The standard InChI is InChI=1S/C20H26N8O3/c1-3-16-13-27(20(30)31)7-6-26(16)8-9-28-17(29)5-4-14-10-21-19(24-18(14)28)23-15-11-22-25(2)12-15/h4-5,10-12,16H,3,6-9,13H2,1-2H3,(H,30,31)(H,21,23,24)/t16-/m0/s1. The van der Waals surface area contributed by atoms with Crippen LogP contribution in [0.3, 0.4) is 0 Å². The Hall–Kier alpha value is -3.47. The second-order valence-corrected chi connectivity index (χ2v) is 7.65. The number of aryl methyl sites for hydroxylation is 1. The van der Waals surface area contributed by atoms with Crippen LogP contribution in [0.5, 0.6) is 0 Å². The molecule has 0 aliphatic carbocycles. The Morgan fingerprint density at radius 3 is 2.81 bits per heavy atom. The lowest BCUT2D eigenvalue weighted by atomic mass is 10.1. The molecule has 11 nitrogen and oxygen atoms in total. The van der Waals surface area contributed by atoms with E-state index < -0.39 is 6.09 Å². The minimum Gasteiger partial charge on any atom is -0.465 e. The lowest BCUT2D eigenvalue weighted by Gasteiger charge is -2.40. The van der Waals surface area contributed by atoms with Crippen LogP contribution in [0.4, 0.5) is 16.4 Å². The topological polar surface area (TPSA) is 121 Å². The van der Waals surface area contributed by atoms with Gasteiger partial charge in [0.2, 0.25) is 5.95 Å². The summed E-state index contributed by atoms with van der Waals surface area (Å²) in [6.07, 6.45) is 5.14. The van der Waals surface area contributed by atoms with E-state index >= 15 is 0 Å². The molecule has 0 radical (unpaired) electrons. The van der Waals surface area contributed by atoms with Crippen LogP contribution in [-0.4, -0.2) is 77.5 Å². The summed E-state index contributed by atoms with van der Waals surface area (Å²) in [6, 6.07) is 3.38. The molecule has 1 aliphatic rings. The van der Waals surface area contributed by atoms with Crippen LogP contribution >= 0.6 is 0 Å². The number of hydrogen-bond donors (Lipinski definition) is 2. The third kappa shape index (κ3) is 4.50. The summed E-state index contributed by atoms with van der Waals surface area (Å²) in [5.41, 5.74) is 1.19. The average Bonchev–Trinajstić information content (AvgIpc) is 3.17. The van der Waals surface area contributed by atoms with Gasteiger partial charge in [-0.3, -0.25) is 18.9 Å². The number of pyridine rings is 1. The molecule has 31 heavy (non-hydrogen) atoms. The summed E-state index contributed by atoms with van der Waals surface area (Å²) in [6.45, 7) is 4.75. The lowest BCUT2D eigenvalue weighted by Crippen LogP contribution is -2.55. The van der Waals surface area contributed by atoms with Gasteiger partial charge in [0, 0.05) is 69.7 Å². The molecule has 4 rings (SSSR count). The van der Waals surface area contributed by atoms with Crippen LogP contribution in [0.15, 0.2) is 35.5 Å². The van der Waals surface area contributed by atoms with Crippen molar-refractivity contribution >= 4 is 28.8 Å². The minimum absolute atomic E-state index is 0.129. The van der Waals surface area contributed by atoms with Crippen molar-refractivity contribution < 1.29 is 9.90 Å². The van der Waals surface area contributed by atoms with E-state index in [0.717, 1.165) is 17.5 Å². The van der Waals surface area contributed by atoms with Crippen molar-refractivity contribution in [3.8, 4) is 0 Å². The van der Waals surface area contributed by atoms with Crippen molar-refractivity contribution in [3.63, 3.8) is 0 Å². The highest BCUT2D eigenvalue weighted by Crippen LogP contribution is 2.16. The van der Waals surface area contributed by atoms with E-state index in [-0.39, 0.29) is 11.6 Å². The smallest absolute Gasteiger partial charge is 0.407 e. The van der Waals surface area contributed by atoms with Gasteiger partial charge in [-0.15, -0.1) is 0 Å². The first-order valence-electron chi connectivity index (χ1n) is 10.3. The molecule has 11 heteroatoms. The number of carbonyl (C=O) groups is 1. The number of anilines is 2. The van der Waals surface area contributed by atoms with Crippen LogP contribution in [0, 0.1) is 0 Å². The van der Waals surface area contributed by atoms with E-state index in [1.54, 1.807) is 27.7 Å². The summed E-state index contributed by atoms with van der Waals surface area (Å²) in [7, 11) is 1.82. The molecule has 0 unspecified atom stereocenters. The van der Waals surface area contributed by atoms with E-state index in [0.29, 0.717) is 44.3 Å². The molecular weight excluding hydrogens is 400 g/mol. The predicted octanol–water partition coefficient (Wildman–Crippen LogP) is 1.34. The van der Waals surface area contributed by atoms with E-state index in [9.17, 15) is 14.7 Å². The van der Waals surface area contributed by atoms with Crippen molar-refractivity contribution in [2.45, 2.75) is 25.9 Å². The highest BCUT2D eigenvalue weighted by molar-refractivity contribution is 5.75. The molecule has 1 fully saturated rings. The fraction of sp³-hybridized carbons (Fsp3) is 0.450. The molecule has 0 spiro atoms. The van der Waals surface area contributed by atoms with Gasteiger partial charge < -0.3 is 15.3 Å². The van der Waals surface area contributed by atoms with Gasteiger partial charge in [-0.1, -0.05) is 6.92 Å². The monoisotopic (exact) mass is 426 g/mol. The molecule has 3 aromatic heterocycles. The quantitative estimate of drug-likeness (QED) is 0.606. The Morgan fingerprint density at radius 2 is 2.10 bits per heavy atom. The van der Waals surface area contributed by atoms with Gasteiger partial charge in [-0.05, 0) is 12.5 Å². The van der Waals surface area contributed by atoms with E-state index in [1.807, 2.05) is 13.2 Å². The van der Waals surface area contributed by atoms with Gasteiger partial charge in [-0.2, -0.15) is 10.1 Å². The molecule has 2 N–H and O–H groups in total. The Kier molecular flexibility index (Phi) is 5.85. The zero-order valence-corrected chi connectivity index (χ0v) is 17.6. The fourth-order valence-corrected chi connectivity index (χ4v) is 3.94. The number of piperazine rings is 1. The molecular formula is C20H26N8O3. The first kappa shape index (κ1) is 20.8.